The van der Waals surface area contributed by atoms with Crippen LogP contribution in [-0.2, 0) is 17.7 Å². The maximum Gasteiger partial charge on any atom is 0.340 e. The number of para-hydroxylation sites is 1. The van der Waals surface area contributed by atoms with Gasteiger partial charge in [-0.1, -0.05) is 25.1 Å². The molecule has 5 rings (SSSR count). The normalized spacial score (nSPS) is 11.2. The molecule has 33 heavy (non-hydrogen) atoms. The van der Waals surface area contributed by atoms with Gasteiger partial charge in [-0.2, -0.15) is 5.21 Å². The summed E-state index contributed by atoms with van der Waals surface area (Å²) in [6, 6.07) is 17.7. The molecule has 0 unspecified atom stereocenters. The summed E-state index contributed by atoms with van der Waals surface area (Å²) < 4.78 is 9.16. The minimum atomic E-state index is -0.359. The zero-order chi connectivity index (χ0) is 22.8. The predicted octanol–water partition coefficient (Wildman–Crippen LogP) is 3.79. The highest BCUT2D eigenvalue weighted by molar-refractivity contribution is 6.02. The first kappa shape index (κ1) is 20.6. The molecule has 1 N–H and O–H groups in total. The van der Waals surface area contributed by atoms with Crippen molar-refractivity contribution in [2.45, 2.75) is 26.3 Å². The molecule has 166 valence electrons. The molecule has 3 heterocycles. The highest BCUT2D eigenvalue weighted by Gasteiger charge is 2.18. The first-order valence-electron chi connectivity index (χ1n) is 10.8. The second kappa shape index (κ2) is 8.70. The highest BCUT2D eigenvalue weighted by Crippen LogP contribution is 2.25. The van der Waals surface area contributed by atoms with Crippen LogP contribution in [0.1, 0.15) is 35.1 Å². The predicted molar refractivity (Wildman–Crippen MR) is 123 cm³/mol. The van der Waals surface area contributed by atoms with Crippen LogP contribution in [0.25, 0.3) is 28.2 Å². The fraction of sp³-hybridized carbons (Fsp3) is 0.208. The summed E-state index contributed by atoms with van der Waals surface area (Å²) in [5.74, 6) is 1.13. The molecule has 0 saturated carbocycles. The lowest BCUT2D eigenvalue weighted by Gasteiger charge is -2.12. The van der Waals surface area contributed by atoms with E-state index in [0.29, 0.717) is 17.9 Å². The van der Waals surface area contributed by atoms with E-state index in [0.717, 1.165) is 46.6 Å². The van der Waals surface area contributed by atoms with Crippen molar-refractivity contribution in [2.75, 3.05) is 7.11 Å². The molecule has 0 spiro atoms. The Hall–Kier alpha value is -4.27. The number of aryl methyl sites for hydroxylation is 1. The first-order valence-corrected chi connectivity index (χ1v) is 10.8. The van der Waals surface area contributed by atoms with Crippen molar-refractivity contribution >= 4 is 17.0 Å². The van der Waals surface area contributed by atoms with Gasteiger partial charge in [0.2, 0.25) is 5.82 Å². The highest BCUT2D eigenvalue weighted by atomic mass is 16.5. The summed E-state index contributed by atoms with van der Waals surface area (Å²) in [5, 5.41) is 14.3. The van der Waals surface area contributed by atoms with Crippen LogP contribution in [0.4, 0.5) is 0 Å². The average Bonchev–Trinajstić information content (AvgIpc) is 3.59. The van der Waals surface area contributed by atoms with Crippen LogP contribution in [0.2, 0.25) is 0 Å². The van der Waals surface area contributed by atoms with Crippen LogP contribution < -0.4 is 0 Å². The molecule has 0 aliphatic heterocycles. The summed E-state index contributed by atoms with van der Waals surface area (Å²) in [5.41, 5.74) is 5.08. The number of benzene rings is 2. The van der Waals surface area contributed by atoms with E-state index >= 15 is 0 Å². The van der Waals surface area contributed by atoms with Crippen LogP contribution in [0.5, 0.6) is 0 Å². The third-order valence-electron chi connectivity index (χ3n) is 5.60. The van der Waals surface area contributed by atoms with E-state index in [2.05, 4.69) is 56.4 Å². The smallest absolute Gasteiger partial charge is 0.340 e. The largest absolute Gasteiger partial charge is 0.465 e. The van der Waals surface area contributed by atoms with Gasteiger partial charge >= 0.3 is 5.97 Å². The summed E-state index contributed by atoms with van der Waals surface area (Å²) in [7, 11) is 1.40. The zero-order valence-corrected chi connectivity index (χ0v) is 18.4. The van der Waals surface area contributed by atoms with Crippen LogP contribution >= 0.6 is 0 Å². The number of carbonyl (C=O) groups excluding carboxylic acids is 1. The van der Waals surface area contributed by atoms with Crippen molar-refractivity contribution in [1.29, 1.82) is 0 Å². The van der Waals surface area contributed by atoms with Gasteiger partial charge in [-0.25, -0.2) is 9.78 Å². The van der Waals surface area contributed by atoms with Gasteiger partial charge < -0.3 is 13.9 Å². The van der Waals surface area contributed by atoms with Gasteiger partial charge in [0.1, 0.15) is 5.82 Å². The summed E-state index contributed by atoms with van der Waals surface area (Å²) in [6.07, 6.45) is 3.75. The molecule has 0 aliphatic carbocycles. The number of rotatable bonds is 7. The van der Waals surface area contributed by atoms with E-state index in [1.165, 1.54) is 7.11 Å². The Morgan fingerprint density at radius 1 is 1.09 bits per heavy atom. The summed E-state index contributed by atoms with van der Waals surface area (Å²) >= 11 is 0. The lowest BCUT2D eigenvalue weighted by Crippen LogP contribution is -2.09. The molecular weight excluding hydrogens is 418 g/mol. The summed E-state index contributed by atoms with van der Waals surface area (Å²) in [6.45, 7) is 2.72. The number of tetrazole rings is 1. The molecule has 0 saturated heterocycles. The Morgan fingerprint density at radius 2 is 1.94 bits per heavy atom. The van der Waals surface area contributed by atoms with Gasteiger partial charge in [-0.3, -0.25) is 0 Å². The van der Waals surface area contributed by atoms with Crippen molar-refractivity contribution in [3.05, 3.63) is 77.7 Å². The number of nitrogens with one attached hydrogen (secondary N) is 1. The molecule has 5 aromatic rings. The third-order valence-corrected chi connectivity index (χ3v) is 5.60. The zero-order valence-electron chi connectivity index (χ0n) is 18.4. The fourth-order valence-corrected chi connectivity index (χ4v) is 4.10. The number of H-pyrrole nitrogens is 1. The van der Waals surface area contributed by atoms with E-state index in [1.807, 2.05) is 35.0 Å². The first-order chi connectivity index (χ1) is 16.2. The molecule has 2 aromatic carbocycles. The van der Waals surface area contributed by atoms with Crippen LogP contribution in [0.15, 0.2) is 60.8 Å². The Morgan fingerprint density at radius 3 is 2.67 bits per heavy atom. The number of esters is 1. The average molecular weight is 441 g/mol. The Kier molecular flexibility index (Phi) is 5.43. The van der Waals surface area contributed by atoms with Crippen molar-refractivity contribution in [1.82, 2.24) is 34.7 Å². The molecule has 9 heteroatoms. The number of methoxy groups -OCH3 is 1. The maximum atomic E-state index is 12.4. The Bertz CT molecular complexity index is 1400. The van der Waals surface area contributed by atoms with E-state index in [9.17, 15) is 4.79 Å². The SMILES string of the molecule is CCCc1nc2cccc(C(=O)OC)c2n1Cc1ccc(-n2cccc2-c2nn[nH]n2)cc1. The van der Waals surface area contributed by atoms with Gasteiger partial charge in [-0.05, 0) is 53.6 Å². The molecule has 0 bridgehead atoms. The summed E-state index contributed by atoms with van der Waals surface area (Å²) in [4.78, 5) is 17.2. The lowest BCUT2D eigenvalue weighted by molar-refractivity contribution is 0.0602. The number of fused-ring (bicyclic) bond motifs is 1. The lowest BCUT2D eigenvalue weighted by atomic mass is 10.1. The number of hydrogen-bond acceptors (Lipinski definition) is 6. The van der Waals surface area contributed by atoms with Gasteiger partial charge in [0.25, 0.3) is 0 Å². The number of aromatic amines is 1. The van der Waals surface area contributed by atoms with Crippen LogP contribution in [0, 0.1) is 0 Å². The number of ether oxygens (including phenoxy) is 1. The maximum absolute atomic E-state index is 12.4. The molecule has 0 atom stereocenters. The van der Waals surface area contributed by atoms with Crippen molar-refractivity contribution in [3.63, 3.8) is 0 Å². The second-order valence-corrected chi connectivity index (χ2v) is 7.69. The third kappa shape index (κ3) is 3.78. The molecule has 0 fully saturated rings. The van der Waals surface area contributed by atoms with Gasteiger partial charge in [0, 0.05) is 24.8 Å². The van der Waals surface area contributed by atoms with Crippen molar-refractivity contribution < 1.29 is 9.53 Å². The van der Waals surface area contributed by atoms with Crippen LogP contribution in [-0.4, -0.2) is 47.8 Å². The van der Waals surface area contributed by atoms with Gasteiger partial charge in [-0.15, -0.1) is 10.2 Å². The molecule has 3 aromatic heterocycles. The van der Waals surface area contributed by atoms with E-state index < -0.39 is 0 Å². The van der Waals surface area contributed by atoms with Crippen molar-refractivity contribution in [3.8, 4) is 17.2 Å². The van der Waals surface area contributed by atoms with E-state index in [1.54, 1.807) is 6.07 Å². The molecule has 0 amide bonds. The van der Waals surface area contributed by atoms with Crippen LogP contribution in [0.3, 0.4) is 0 Å². The quantitative estimate of drug-likeness (QED) is 0.385. The fourth-order valence-electron chi connectivity index (χ4n) is 4.10. The van der Waals surface area contributed by atoms with E-state index in [4.69, 9.17) is 9.72 Å². The number of nitrogens with zero attached hydrogens (tertiary/aromatic N) is 6. The Labute approximate surface area is 190 Å². The second-order valence-electron chi connectivity index (χ2n) is 7.69. The molecule has 9 nitrogen and oxygen atoms in total. The monoisotopic (exact) mass is 441 g/mol. The van der Waals surface area contributed by atoms with E-state index in [-0.39, 0.29) is 5.97 Å². The minimum absolute atomic E-state index is 0.359. The van der Waals surface area contributed by atoms with Gasteiger partial charge in [0.15, 0.2) is 0 Å². The number of carbonyl (C=O) groups is 1. The number of aromatic nitrogens is 7. The standard InChI is InChI=1S/C24H23N7O2/c1-3-6-21-25-19-8-4-7-18(24(32)33-2)22(19)31(21)15-16-10-12-17(13-11-16)30-14-5-9-20(30)23-26-28-29-27-23/h4-5,7-14H,3,6,15H2,1-2H3,(H,26,27,28,29). The minimum Gasteiger partial charge on any atom is -0.465 e. The Balaban J connectivity index is 1.51. The molecular formula is C24H23N7O2. The molecule has 0 aliphatic rings. The molecule has 0 radical (unpaired) electrons. The van der Waals surface area contributed by atoms with Gasteiger partial charge in [0.05, 0.1) is 29.4 Å². The number of imidazole rings is 1. The topological polar surface area (TPSA) is 104 Å². The van der Waals surface area contributed by atoms with Crippen molar-refractivity contribution in [2.24, 2.45) is 0 Å². The number of hydrogen-bond donors (Lipinski definition) is 1.